The van der Waals surface area contributed by atoms with Crippen molar-refractivity contribution in [3.8, 4) is 0 Å². The molecule has 6 heteroatoms. The minimum atomic E-state index is -1.04. The van der Waals surface area contributed by atoms with E-state index in [9.17, 15) is 9.59 Å². The third-order valence-electron chi connectivity index (χ3n) is 2.04. The minimum absolute atomic E-state index is 0.289. The normalized spacial score (nSPS) is 10.5. The predicted molar refractivity (Wildman–Crippen MR) is 64.7 cm³/mol. The standard InChI is InChI=1S/C11H12BrNO4/c12-9-3-1-8(2-4-9)5-13(6-10(14)15)7-11(16)17/h1-4H,5-7H2,(H,14,15)(H,16,17). The molecule has 1 aromatic rings. The zero-order chi connectivity index (χ0) is 12.8. The van der Waals surface area contributed by atoms with Gasteiger partial charge in [0.15, 0.2) is 0 Å². The fourth-order valence-corrected chi connectivity index (χ4v) is 1.66. The number of nitrogens with zero attached hydrogens (tertiary/aromatic N) is 1. The summed E-state index contributed by atoms with van der Waals surface area (Å²) < 4.78 is 0.921. The molecule has 0 aliphatic heterocycles. The lowest BCUT2D eigenvalue weighted by atomic mass is 10.2. The summed E-state index contributed by atoms with van der Waals surface area (Å²) in [7, 11) is 0. The second-order valence-corrected chi connectivity index (χ2v) is 4.47. The fourth-order valence-electron chi connectivity index (χ4n) is 1.40. The van der Waals surface area contributed by atoms with Crippen LogP contribution in [0.5, 0.6) is 0 Å². The highest BCUT2D eigenvalue weighted by Gasteiger charge is 2.13. The minimum Gasteiger partial charge on any atom is -0.480 e. The summed E-state index contributed by atoms with van der Waals surface area (Å²) in [5, 5.41) is 17.4. The number of carboxylic acid groups (broad SMARTS) is 2. The van der Waals surface area contributed by atoms with Crippen molar-refractivity contribution in [1.82, 2.24) is 4.90 Å². The SMILES string of the molecule is O=C(O)CN(CC(=O)O)Cc1ccc(Br)cc1. The average molecular weight is 302 g/mol. The summed E-state index contributed by atoms with van der Waals surface area (Å²) in [5.41, 5.74) is 0.871. The molecule has 0 aliphatic rings. The molecule has 17 heavy (non-hydrogen) atoms. The number of benzene rings is 1. The van der Waals surface area contributed by atoms with Crippen LogP contribution in [-0.4, -0.2) is 40.1 Å². The van der Waals surface area contributed by atoms with Crippen molar-refractivity contribution in [1.29, 1.82) is 0 Å². The van der Waals surface area contributed by atoms with Crippen LogP contribution in [0.4, 0.5) is 0 Å². The molecule has 1 aromatic carbocycles. The van der Waals surface area contributed by atoms with Crippen LogP contribution >= 0.6 is 15.9 Å². The molecule has 0 radical (unpaired) electrons. The Morgan fingerprint density at radius 2 is 1.53 bits per heavy atom. The first kappa shape index (κ1) is 13.7. The maximum atomic E-state index is 10.6. The lowest BCUT2D eigenvalue weighted by Crippen LogP contribution is -2.33. The Kier molecular flexibility index (Phi) is 5.11. The van der Waals surface area contributed by atoms with Gasteiger partial charge in [-0.1, -0.05) is 28.1 Å². The number of hydrogen-bond acceptors (Lipinski definition) is 3. The van der Waals surface area contributed by atoms with E-state index in [0.29, 0.717) is 6.54 Å². The molecule has 0 saturated carbocycles. The van der Waals surface area contributed by atoms with Crippen molar-refractivity contribution in [3.05, 3.63) is 34.3 Å². The topological polar surface area (TPSA) is 77.8 Å². The smallest absolute Gasteiger partial charge is 0.317 e. The maximum absolute atomic E-state index is 10.6. The van der Waals surface area contributed by atoms with Crippen molar-refractivity contribution in [3.63, 3.8) is 0 Å². The predicted octanol–water partition coefficient (Wildman–Crippen LogP) is 1.42. The van der Waals surface area contributed by atoms with Crippen LogP contribution in [-0.2, 0) is 16.1 Å². The van der Waals surface area contributed by atoms with Crippen molar-refractivity contribution >= 4 is 27.9 Å². The van der Waals surface area contributed by atoms with E-state index in [4.69, 9.17) is 10.2 Å². The Labute approximate surface area is 107 Å². The third kappa shape index (κ3) is 5.46. The first-order valence-corrected chi connectivity index (χ1v) is 5.67. The molecule has 0 aromatic heterocycles. The van der Waals surface area contributed by atoms with E-state index >= 15 is 0 Å². The number of rotatable bonds is 6. The molecule has 0 fully saturated rings. The first-order chi connectivity index (χ1) is 7.97. The van der Waals surface area contributed by atoms with E-state index in [-0.39, 0.29) is 13.1 Å². The highest BCUT2D eigenvalue weighted by Crippen LogP contribution is 2.12. The van der Waals surface area contributed by atoms with Crippen LogP contribution in [0.15, 0.2) is 28.7 Å². The number of carbonyl (C=O) groups is 2. The number of aliphatic carboxylic acids is 2. The van der Waals surface area contributed by atoms with E-state index in [1.165, 1.54) is 4.90 Å². The molecule has 92 valence electrons. The number of hydrogen-bond donors (Lipinski definition) is 2. The largest absolute Gasteiger partial charge is 0.480 e. The van der Waals surface area contributed by atoms with Crippen LogP contribution in [0.3, 0.4) is 0 Å². The average Bonchev–Trinajstić information content (AvgIpc) is 2.19. The van der Waals surface area contributed by atoms with E-state index in [1.54, 1.807) is 0 Å². The second-order valence-electron chi connectivity index (χ2n) is 3.56. The van der Waals surface area contributed by atoms with Crippen LogP contribution in [0.1, 0.15) is 5.56 Å². The Balaban J connectivity index is 2.67. The number of carboxylic acids is 2. The first-order valence-electron chi connectivity index (χ1n) is 4.88. The molecule has 0 spiro atoms. The molecule has 0 saturated heterocycles. The van der Waals surface area contributed by atoms with Gasteiger partial charge in [0, 0.05) is 11.0 Å². The highest BCUT2D eigenvalue weighted by molar-refractivity contribution is 9.10. The Bertz CT molecular complexity index is 388. The van der Waals surface area contributed by atoms with Crippen LogP contribution < -0.4 is 0 Å². The summed E-state index contributed by atoms with van der Waals surface area (Å²) in [6.07, 6.45) is 0. The third-order valence-corrected chi connectivity index (χ3v) is 2.57. The molecule has 1 rings (SSSR count). The van der Waals surface area contributed by atoms with E-state index in [2.05, 4.69) is 15.9 Å². The molecular formula is C11H12BrNO4. The Morgan fingerprint density at radius 1 is 1.06 bits per heavy atom. The van der Waals surface area contributed by atoms with Gasteiger partial charge in [-0.2, -0.15) is 0 Å². The molecule has 0 bridgehead atoms. The highest BCUT2D eigenvalue weighted by atomic mass is 79.9. The van der Waals surface area contributed by atoms with Crippen molar-refractivity contribution in [2.24, 2.45) is 0 Å². The van der Waals surface area contributed by atoms with Gasteiger partial charge in [-0.3, -0.25) is 14.5 Å². The Hall–Kier alpha value is -1.40. The summed E-state index contributed by atoms with van der Waals surface area (Å²) in [6.45, 7) is -0.281. The van der Waals surface area contributed by atoms with Crippen LogP contribution in [0.2, 0.25) is 0 Å². The fraction of sp³-hybridized carbons (Fsp3) is 0.273. The van der Waals surface area contributed by atoms with Crippen molar-refractivity contribution in [2.45, 2.75) is 6.54 Å². The van der Waals surface area contributed by atoms with Gasteiger partial charge in [-0.05, 0) is 17.7 Å². The monoisotopic (exact) mass is 301 g/mol. The lowest BCUT2D eigenvalue weighted by Gasteiger charge is -2.17. The Morgan fingerprint density at radius 3 is 1.94 bits per heavy atom. The van der Waals surface area contributed by atoms with E-state index < -0.39 is 11.9 Å². The second kappa shape index (κ2) is 6.36. The van der Waals surface area contributed by atoms with Gasteiger partial charge >= 0.3 is 11.9 Å². The lowest BCUT2D eigenvalue weighted by molar-refractivity contribution is -0.142. The summed E-state index contributed by atoms with van der Waals surface area (Å²) >= 11 is 3.29. The summed E-state index contributed by atoms with van der Waals surface area (Å²) in [4.78, 5) is 22.5. The van der Waals surface area contributed by atoms with Gasteiger partial charge in [0.1, 0.15) is 0 Å². The van der Waals surface area contributed by atoms with Gasteiger partial charge in [-0.15, -0.1) is 0 Å². The maximum Gasteiger partial charge on any atom is 0.317 e. The van der Waals surface area contributed by atoms with E-state index in [1.807, 2.05) is 24.3 Å². The summed E-state index contributed by atoms with van der Waals surface area (Å²) in [5.74, 6) is -2.08. The zero-order valence-corrected chi connectivity index (χ0v) is 10.6. The van der Waals surface area contributed by atoms with Gasteiger partial charge < -0.3 is 10.2 Å². The van der Waals surface area contributed by atoms with Crippen molar-refractivity contribution < 1.29 is 19.8 Å². The van der Waals surface area contributed by atoms with Gasteiger partial charge in [-0.25, -0.2) is 0 Å². The molecule has 0 atom stereocenters. The van der Waals surface area contributed by atoms with Gasteiger partial charge in [0.25, 0.3) is 0 Å². The van der Waals surface area contributed by atoms with Gasteiger partial charge in [0.05, 0.1) is 13.1 Å². The molecule has 0 amide bonds. The quantitative estimate of drug-likeness (QED) is 0.831. The van der Waals surface area contributed by atoms with Gasteiger partial charge in [0.2, 0.25) is 0 Å². The molecule has 0 aliphatic carbocycles. The van der Waals surface area contributed by atoms with Crippen LogP contribution in [0.25, 0.3) is 0 Å². The molecular weight excluding hydrogens is 290 g/mol. The summed E-state index contributed by atoms with van der Waals surface area (Å²) in [6, 6.07) is 7.30. The molecule has 2 N–H and O–H groups in total. The molecule has 0 unspecified atom stereocenters. The van der Waals surface area contributed by atoms with Crippen molar-refractivity contribution in [2.75, 3.05) is 13.1 Å². The molecule has 5 nitrogen and oxygen atoms in total. The number of halogens is 1. The van der Waals surface area contributed by atoms with Crippen LogP contribution in [0, 0.1) is 0 Å². The van der Waals surface area contributed by atoms with E-state index in [0.717, 1.165) is 10.0 Å². The zero-order valence-electron chi connectivity index (χ0n) is 8.97. The molecule has 0 heterocycles.